The van der Waals surface area contributed by atoms with Gasteiger partial charge in [0.2, 0.25) is 5.69 Å². The number of nitrogens with zero attached hydrogens (tertiary/aromatic N) is 3. The molecule has 71 heavy (non-hydrogen) atoms. The average Bonchev–Trinajstić information content (AvgIpc) is 3.83. The minimum absolute atomic E-state index is 0.0127. The molecule has 1 saturated heterocycles. The Bertz CT molecular complexity index is 2750. The SMILES string of the molecule is COCCOCCOCC[N+]1=C(C=CC=CC=CC=C2N(CCCCCC(=O)ON3C(=O)CCC3=O)c3ccc(S(=O)(=O)[O-])cc3C2(C)CCOC)C(C)(CCCS(=O)(=O)[O-])c2cc(S(=O)(=O)[O-])ccc21. The molecule has 0 radical (unpaired) electrons. The highest BCUT2D eigenvalue weighted by atomic mass is 32.2. The van der Waals surface area contributed by atoms with Crippen molar-refractivity contribution < 1.29 is 81.7 Å². The fourth-order valence-electron chi connectivity index (χ4n) is 8.92. The van der Waals surface area contributed by atoms with Gasteiger partial charge in [-0.15, -0.1) is 5.06 Å². The van der Waals surface area contributed by atoms with Gasteiger partial charge in [-0.05, 0) is 87.9 Å². The zero-order valence-electron chi connectivity index (χ0n) is 40.2. The number of carbonyl (C=O) groups excluding carboxylic acids is 3. The van der Waals surface area contributed by atoms with E-state index in [1.54, 1.807) is 63.7 Å². The number of amides is 2. The van der Waals surface area contributed by atoms with Crippen molar-refractivity contribution in [1.29, 1.82) is 0 Å². The van der Waals surface area contributed by atoms with Crippen LogP contribution in [0.5, 0.6) is 0 Å². The second kappa shape index (κ2) is 25.1. The second-order valence-corrected chi connectivity index (χ2v) is 21.8. The predicted molar refractivity (Wildman–Crippen MR) is 256 cm³/mol. The molecule has 0 bridgehead atoms. The summed E-state index contributed by atoms with van der Waals surface area (Å²) in [4.78, 5) is 42.4. The molecule has 2 unspecified atom stereocenters. The van der Waals surface area contributed by atoms with E-state index < -0.39 is 69.6 Å². The van der Waals surface area contributed by atoms with Crippen molar-refractivity contribution in [1.82, 2.24) is 5.06 Å². The van der Waals surface area contributed by atoms with E-state index in [-0.39, 0.29) is 56.8 Å². The van der Waals surface area contributed by atoms with Crippen LogP contribution in [0.25, 0.3) is 0 Å². The van der Waals surface area contributed by atoms with Crippen molar-refractivity contribution in [2.24, 2.45) is 0 Å². The number of imide groups is 1. The molecule has 3 aliphatic rings. The number of ether oxygens (including phenoxy) is 4. The standard InChI is InChI=1S/C48H63N3O17S3/c1-47(23-13-33-69(55,56)57)38-34-36(70(58,59)60)18-20-41(38)50(26-28-66-31-32-67-30-29-65-4)42(47)14-9-6-5-7-10-15-43-48(2,24-27-64-3)39-35-37(71(61,62)63)17-19-40(39)49(43)25-12-8-11-16-46(54)68-51-44(52)21-22-45(51)53/h5-7,9-10,14-15,17-20,34-35H,8,11-13,16,21-33H2,1-4H3,(H2-,55,56,57,58,59,60,61,62,63)/p-2. The molecule has 3 heterocycles. The smallest absolute Gasteiger partial charge is 0.333 e. The third kappa shape index (κ3) is 15.1. The third-order valence-corrected chi connectivity index (χ3v) is 15.0. The largest absolute Gasteiger partial charge is 0.748 e. The summed E-state index contributed by atoms with van der Waals surface area (Å²) in [6, 6.07) is 8.30. The van der Waals surface area contributed by atoms with Crippen LogP contribution in [0, 0.1) is 0 Å². The molecule has 20 nitrogen and oxygen atoms in total. The van der Waals surface area contributed by atoms with Gasteiger partial charge in [-0.1, -0.05) is 36.8 Å². The normalized spacial score (nSPS) is 20.2. The minimum atomic E-state index is -4.87. The van der Waals surface area contributed by atoms with Gasteiger partial charge in [-0.3, -0.25) is 9.59 Å². The lowest BCUT2D eigenvalue weighted by molar-refractivity contribution is -0.442. The summed E-state index contributed by atoms with van der Waals surface area (Å²) >= 11 is 0. The molecule has 0 aliphatic carbocycles. The van der Waals surface area contributed by atoms with Crippen LogP contribution in [0.2, 0.25) is 0 Å². The average molecular weight is 1050 g/mol. The van der Waals surface area contributed by atoms with Gasteiger partial charge in [0.15, 0.2) is 12.3 Å². The van der Waals surface area contributed by atoms with E-state index in [0.717, 1.165) is 5.70 Å². The van der Waals surface area contributed by atoms with Gasteiger partial charge in [0.25, 0.3) is 11.8 Å². The topological polar surface area (TPSA) is 278 Å². The first-order valence-electron chi connectivity index (χ1n) is 23.0. The number of unbranched alkanes of at least 4 members (excludes halogenated alkanes) is 2. The molecular formula is C48H61N3O17S3-2. The van der Waals surface area contributed by atoms with Gasteiger partial charge < -0.3 is 42.3 Å². The number of anilines is 1. The fourth-order valence-corrected chi connectivity index (χ4v) is 10.4. The number of methoxy groups -OCH3 is 2. The monoisotopic (exact) mass is 1050 g/mol. The van der Waals surface area contributed by atoms with E-state index in [1.807, 2.05) is 22.5 Å². The van der Waals surface area contributed by atoms with Gasteiger partial charge in [0.1, 0.15) is 26.8 Å². The van der Waals surface area contributed by atoms with Crippen LogP contribution in [0.1, 0.15) is 82.8 Å². The molecule has 0 saturated carbocycles. The predicted octanol–water partition coefficient (Wildman–Crippen LogP) is 4.39. The molecule has 2 amide bonds. The summed E-state index contributed by atoms with van der Waals surface area (Å²) in [6.45, 7) is 6.35. The number of hydroxylamine groups is 2. The van der Waals surface area contributed by atoms with Crippen LogP contribution in [0.4, 0.5) is 11.4 Å². The fraction of sp³-hybridized carbons (Fsp3) is 0.500. The number of carbonyl (C=O) groups is 3. The lowest BCUT2D eigenvalue weighted by Gasteiger charge is -2.30. The Morgan fingerprint density at radius 3 is 1.96 bits per heavy atom. The Morgan fingerprint density at radius 2 is 1.31 bits per heavy atom. The molecule has 23 heteroatoms. The zero-order chi connectivity index (χ0) is 52.0. The zero-order valence-corrected chi connectivity index (χ0v) is 42.7. The van der Waals surface area contributed by atoms with Crippen molar-refractivity contribution in [2.75, 3.05) is 77.6 Å². The van der Waals surface area contributed by atoms with E-state index >= 15 is 0 Å². The summed E-state index contributed by atoms with van der Waals surface area (Å²) in [6.07, 6.45) is 14.4. The van der Waals surface area contributed by atoms with Crippen LogP contribution in [0.3, 0.4) is 0 Å². The number of hydrogen-bond acceptors (Lipinski definition) is 18. The number of benzene rings is 2. The summed E-state index contributed by atoms with van der Waals surface area (Å²) in [5.74, 6) is -2.49. The Balaban J connectivity index is 1.41. The summed E-state index contributed by atoms with van der Waals surface area (Å²) < 4.78 is 132. The van der Waals surface area contributed by atoms with E-state index in [9.17, 15) is 53.3 Å². The quantitative estimate of drug-likeness (QED) is 0.0359. The lowest BCUT2D eigenvalue weighted by atomic mass is 9.76. The van der Waals surface area contributed by atoms with Gasteiger partial charge >= 0.3 is 5.97 Å². The first-order valence-corrected chi connectivity index (χ1v) is 27.4. The highest BCUT2D eigenvalue weighted by Crippen LogP contribution is 2.51. The molecule has 2 atom stereocenters. The second-order valence-electron chi connectivity index (χ2n) is 17.5. The maximum absolute atomic E-state index is 12.4. The maximum Gasteiger partial charge on any atom is 0.333 e. The van der Waals surface area contributed by atoms with Gasteiger partial charge in [-0.25, -0.2) is 30.0 Å². The maximum atomic E-state index is 12.4. The Kier molecular flexibility index (Phi) is 20.2. The first kappa shape index (κ1) is 57.0. The highest BCUT2D eigenvalue weighted by molar-refractivity contribution is 7.86. The molecule has 390 valence electrons. The van der Waals surface area contributed by atoms with Crippen LogP contribution in [-0.2, 0) is 79.4 Å². The van der Waals surface area contributed by atoms with E-state index in [0.29, 0.717) is 91.9 Å². The Morgan fingerprint density at radius 1 is 0.704 bits per heavy atom. The molecule has 2 aromatic carbocycles. The van der Waals surface area contributed by atoms with Gasteiger partial charge in [-0.2, -0.15) is 4.58 Å². The Labute approximate surface area is 415 Å². The minimum Gasteiger partial charge on any atom is -0.748 e. The van der Waals surface area contributed by atoms with Gasteiger partial charge in [0.05, 0.1) is 51.8 Å². The molecule has 1 fully saturated rings. The molecule has 0 N–H and O–H groups in total. The summed E-state index contributed by atoms with van der Waals surface area (Å²) in [5, 5.41) is 0.514. The van der Waals surface area contributed by atoms with Crippen molar-refractivity contribution in [3.05, 3.63) is 95.8 Å². The molecule has 5 rings (SSSR count). The van der Waals surface area contributed by atoms with Crippen LogP contribution < -0.4 is 4.90 Å². The summed E-state index contributed by atoms with van der Waals surface area (Å²) in [5.41, 5.74) is 1.89. The van der Waals surface area contributed by atoms with Crippen LogP contribution in [0.15, 0.2) is 94.4 Å². The highest BCUT2D eigenvalue weighted by Gasteiger charge is 2.48. The molecular weight excluding hydrogens is 987 g/mol. The molecule has 2 aromatic rings. The third-order valence-electron chi connectivity index (χ3n) is 12.6. The number of allylic oxidation sites excluding steroid dienone is 8. The van der Waals surface area contributed by atoms with E-state index in [1.165, 1.54) is 30.3 Å². The summed E-state index contributed by atoms with van der Waals surface area (Å²) in [7, 11) is -11.1. The van der Waals surface area contributed by atoms with E-state index in [4.69, 9.17) is 23.8 Å². The van der Waals surface area contributed by atoms with E-state index in [2.05, 4.69) is 0 Å². The molecule has 0 aromatic heterocycles. The molecule has 3 aliphatic heterocycles. The van der Waals surface area contributed by atoms with Gasteiger partial charge in [0, 0.05) is 86.9 Å². The van der Waals surface area contributed by atoms with Crippen molar-refractivity contribution >= 4 is 65.2 Å². The van der Waals surface area contributed by atoms with Crippen LogP contribution in [-0.4, -0.2) is 145 Å². The number of rotatable bonds is 29. The van der Waals surface area contributed by atoms with Crippen molar-refractivity contribution in [3.8, 4) is 0 Å². The van der Waals surface area contributed by atoms with Crippen molar-refractivity contribution in [3.63, 3.8) is 0 Å². The lowest BCUT2D eigenvalue weighted by Crippen LogP contribution is -2.32. The molecule has 0 spiro atoms. The van der Waals surface area contributed by atoms with Crippen molar-refractivity contribution in [2.45, 2.75) is 92.3 Å². The first-order chi connectivity index (χ1) is 33.5. The van der Waals surface area contributed by atoms with Crippen LogP contribution >= 0.6 is 0 Å². The Hall–Kier alpha value is -4.95. The number of hydrogen-bond donors (Lipinski definition) is 0. The number of fused-ring (bicyclic) bond motifs is 2.